The van der Waals surface area contributed by atoms with Gasteiger partial charge < -0.3 is 20.8 Å². The normalized spacial score (nSPS) is 22.1. The third-order valence-electron chi connectivity index (χ3n) is 4.22. The monoisotopic (exact) mass is 320 g/mol. The SMILES string of the molecule is O=C(NC[C@@H](O)Cc1ccccc1)NC1CCC(C(=O)O)CC1. The fourth-order valence-corrected chi connectivity index (χ4v) is 2.89. The van der Waals surface area contributed by atoms with Crippen LogP contribution in [0.3, 0.4) is 0 Å². The first-order valence-electron chi connectivity index (χ1n) is 8.03. The highest BCUT2D eigenvalue weighted by Crippen LogP contribution is 2.24. The lowest BCUT2D eigenvalue weighted by Crippen LogP contribution is -2.46. The fourth-order valence-electron chi connectivity index (χ4n) is 2.89. The van der Waals surface area contributed by atoms with Crippen LogP contribution in [-0.4, -0.2) is 40.9 Å². The molecule has 1 aliphatic rings. The summed E-state index contributed by atoms with van der Waals surface area (Å²) >= 11 is 0. The van der Waals surface area contributed by atoms with Gasteiger partial charge in [0.1, 0.15) is 0 Å². The Hall–Kier alpha value is -2.08. The molecule has 1 aromatic rings. The average Bonchev–Trinajstić information content (AvgIpc) is 2.54. The summed E-state index contributed by atoms with van der Waals surface area (Å²) in [6, 6.07) is 9.31. The minimum atomic E-state index is -0.753. The molecule has 1 fully saturated rings. The quantitative estimate of drug-likeness (QED) is 0.639. The minimum absolute atomic E-state index is 0.0110. The molecule has 6 nitrogen and oxygen atoms in total. The Bertz CT molecular complexity index is 513. The molecule has 1 saturated carbocycles. The van der Waals surface area contributed by atoms with Crippen LogP contribution in [0.2, 0.25) is 0 Å². The number of carboxylic acid groups (broad SMARTS) is 1. The second-order valence-corrected chi connectivity index (χ2v) is 6.08. The Kier molecular flexibility index (Phi) is 6.40. The number of carboxylic acids is 1. The largest absolute Gasteiger partial charge is 0.481 e. The maximum atomic E-state index is 11.8. The van der Waals surface area contributed by atoms with Crippen LogP contribution in [0.1, 0.15) is 31.2 Å². The molecule has 1 aromatic carbocycles. The van der Waals surface area contributed by atoms with Gasteiger partial charge in [-0.05, 0) is 31.2 Å². The summed E-state index contributed by atoms with van der Waals surface area (Å²) < 4.78 is 0. The zero-order valence-electron chi connectivity index (χ0n) is 13.1. The second-order valence-electron chi connectivity index (χ2n) is 6.08. The first kappa shape index (κ1) is 17.3. The summed E-state index contributed by atoms with van der Waals surface area (Å²) in [5.41, 5.74) is 1.02. The van der Waals surface area contributed by atoms with Gasteiger partial charge in [0.05, 0.1) is 12.0 Å². The molecule has 0 bridgehead atoms. The van der Waals surface area contributed by atoms with E-state index in [-0.39, 0.29) is 24.5 Å². The molecule has 0 unspecified atom stereocenters. The van der Waals surface area contributed by atoms with Crippen LogP contribution in [0.15, 0.2) is 30.3 Å². The number of aliphatic hydroxyl groups excluding tert-OH is 1. The molecule has 1 aliphatic carbocycles. The van der Waals surface area contributed by atoms with E-state index >= 15 is 0 Å². The molecule has 23 heavy (non-hydrogen) atoms. The van der Waals surface area contributed by atoms with Crippen molar-refractivity contribution < 1.29 is 19.8 Å². The number of rotatable bonds is 6. The number of benzene rings is 1. The van der Waals surface area contributed by atoms with Crippen molar-refractivity contribution in [3.05, 3.63) is 35.9 Å². The van der Waals surface area contributed by atoms with E-state index in [1.165, 1.54) is 0 Å². The lowest BCUT2D eigenvalue weighted by Gasteiger charge is -2.27. The number of amides is 2. The highest BCUT2D eigenvalue weighted by molar-refractivity contribution is 5.74. The zero-order valence-corrected chi connectivity index (χ0v) is 13.1. The van der Waals surface area contributed by atoms with Gasteiger partial charge in [0.2, 0.25) is 0 Å². The summed E-state index contributed by atoms with van der Waals surface area (Å²) in [7, 11) is 0. The van der Waals surface area contributed by atoms with Crippen LogP contribution in [0.5, 0.6) is 0 Å². The number of carbonyl (C=O) groups is 2. The van der Waals surface area contributed by atoms with Crippen molar-refractivity contribution >= 4 is 12.0 Å². The van der Waals surface area contributed by atoms with Gasteiger partial charge in [-0.15, -0.1) is 0 Å². The number of aliphatic carboxylic acids is 1. The Balaban J connectivity index is 1.64. The predicted molar refractivity (Wildman–Crippen MR) is 86.1 cm³/mol. The van der Waals surface area contributed by atoms with Gasteiger partial charge in [0, 0.05) is 19.0 Å². The Labute approximate surface area is 135 Å². The molecule has 0 heterocycles. The summed E-state index contributed by atoms with van der Waals surface area (Å²) in [5, 5.41) is 24.4. The molecule has 6 heteroatoms. The van der Waals surface area contributed by atoms with Crippen LogP contribution < -0.4 is 10.6 Å². The molecule has 1 atom stereocenters. The van der Waals surface area contributed by atoms with E-state index in [1.807, 2.05) is 30.3 Å². The Morgan fingerprint density at radius 1 is 1.13 bits per heavy atom. The number of aliphatic hydroxyl groups is 1. The summed E-state index contributed by atoms with van der Waals surface area (Å²) in [6.07, 6.45) is 2.40. The van der Waals surface area contributed by atoms with Crippen LogP contribution in [0.4, 0.5) is 4.79 Å². The number of hydrogen-bond acceptors (Lipinski definition) is 3. The van der Waals surface area contributed by atoms with E-state index in [4.69, 9.17) is 5.11 Å². The molecule has 0 saturated heterocycles. The van der Waals surface area contributed by atoms with Crippen molar-refractivity contribution in [3.63, 3.8) is 0 Å². The van der Waals surface area contributed by atoms with Gasteiger partial charge in [-0.3, -0.25) is 4.79 Å². The van der Waals surface area contributed by atoms with Gasteiger partial charge in [-0.2, -0.15) is 0 Å². The standard InChI is InChI=1S/C17H24N2O4/c20-15(10-12-4-2-1-3-5-12)11-18-17(23)19-14-8-6-13(7-9-14)16(21)22/h1-5,13-15,20H,6-11H2,(H,21,22)(H2,18,19,23)/t13?,14?,15-/m0/s1. The molecule has 126 valence electrons. The van der Waals surface area contributed by atoms with E-state index < -0.39 is 12.1 Å². The zero-order chi connectivity index (χ0) is 16.7. The molecule has 0 radical (unpaired) electrons. The third-order valence-corrected chi connectivity index (χ3v) is 4.22. The highest BCUT2D eigenvalue weighted by atomic mass is 16.4. The second kappa shape index (κ2) is 8.53. The first-order valence-corrected chi connectivity index (χ1v) is 8.03. The van der Waals surface area contributed by atoms with Crippen LogP contribution >= 0.6 is 0 Å². The molecular formula is C17H24N2O4. The molecule has 0 aliphatic heterocycles. The van der Waals surface area contributed by atoms with Crippen molar-refractivity contribution in [1.29, 1.82) is 0 Å². The number of nitrogens with one attached hydrogen (secondary N) is 2. The molecule has 4 N–H and O–H groups in total. The highest BCUT2D eigenvalue weighted by Gasteiger charge is 2.26. The summed E-state index contributed by atoms with van der Waals surface area (Å²) in [5.74, 6) is -1.04. The third kappa shape index (κ3) is 5.90. The smallest absolute Gasteiger partial charge is 0.315 e. The van der Waals surface area contributed by atoms with E-state index in [0.717, 1.165) is 5.56 Å². The van der Waals surface area contributed by atoms with Crippen LogP contribution in [-0.2, 0) is 11.2 Å². The summed E-state index contributed by atoms with van der Waals surface area (Å²) in [4.78, 5) is 22.7. The summed E-state index contributed by atoms with van der Waals surface area (Å²) in [6.45, 7) is 0.186. The predicted octanol–water partition coefficient (Wildman–Crippen LogP) is 1.53. The Morgan fingerprint density at radius 2 is 1.78 bits per heavy atom. The number of urea groups is 1. The Morgan fingerprint density at radius 3 is 2.39 bits per heavy atom. The van der Waals surface area contributed by atoms with E-state index in [2.05, 4.69) is 10.6 Å². The van der Waals surface area contributed by atoms with E-state index in [0.29, 0.717) is 32.1 Å². The number of hydrogen-bond donors (Lipinski definition) is 4. The topological polar surface area (TPSA) is 98.7 Å². The van der Waals surface area contributed by atoms with Crippen molar-refractivity contribution in [2.75, 3.05) is 6.54 Å². The van der Waals surface area contributed by atoms with Gasteiger partial charge in [-0.25, -0.2) is 4.79 Å². The van der Waals surface area contributed by atoms with E-state index in [9.17, 15) is 14.7 Å². The first-order chi connectivity index (χ1) is 11.0. The van der Waals surface area contributed by atoms with Gasteiger partial charge in [-0.1, -0.05) is 30.3 Å². The minimum Gasteiger partial charge on any atom is -0.481 e. The van der Waals surface area contributed by atoms with Gasteiger partial charge >= 0.3 is 12.0 Å². The maximum absolute atomic E-state index is 11.8. The van der Waals surface area contributed by atoms with Crippen molar-refractivity contribution in [3.8, 4) is 0 Å². The van der Waals surface area contributed by atoms with Crippen molar-refractivity contribution in [2.24, 2.45) is 5.92 Å². The molecule has 0 aromatic heterocycles. The van der Waals surface area contributed by atoms with Crippen LogP contribution in [0.25, 0.3) is 0 Å². The fraction of sp³-hybridized carbons (Fsp3) is 0.529. The van der Waals surface area contributed by atoms with E-state index in [1.54, 1.807) is 0 Å². The van der Waals surface area contributed by atoms with Crippen molar-refractivity contribution in [2.45, 2.75) is 44.2 Å². The van der Waals surface area contributed by atoms with Crippen molar-refractivity contribution in [1.82, 2.24) is 10.6 Å². The number of carbonyl (C=O) groups excluding carboxylic acids is 1. The average molecular weight is 320 g/mol. The van der Waals surface area contributed by atoms with Crippen LogP contribution in [0, 0.1) is 5.92 Å². The molecule has 0 spiro atoms. The molecular weight excluding hydrogens is 296 g/mol. The molecule has 2 rings (SSSR count). The van der Waals surface area contributed by atoms with Gasteiger partial charge in [0.25, 0.3) is 0 Å². The maximum Gasteiger partial charge on any atom is 0.315 e. The lowest BCUT2D eigenvalue weighted by molar-refractivity contribution is -0.142. The van der Waals surface area contributed by atoms with Gasteiger partial charge in [0.15, 0.2) is 0 Å². The lowest BCUT2D eigenvalue weighted by atomic mass is 9.86. The molecule has 2 amide bonds.